The van der Waals surface area contributed by atoms with Crippen molar-refractivity contribution in [1.82, 2.24) is 5.32 Å². The number of aliphatic hydroxyl groups is 1. The van der Waals surface area contributed by atoms with Crippen molar-refractivity contribution in [3.8, 4) is 0 Å². The molecule has 2 N–H and O–H groups in total. The second-order valence-corrected chi connectivity index (χ2v) is 4.68. The summed E-state index contributed by atoms with van der Waals surface area (Å²) in [5, 5.41) is 13.0. The standard InChI is InChI=1S/C11H21NO2/c13-9-11(3-5-12-6-4-11)10-2-1-7-14-8-10/h10,12-13H,1-9H2. The van der Waals surface area contributed by atoms with Gasteiger partial charge in [0.2, 0.25) is 0 Å². The topological polar surface area (TPSA) is 41.5 Å². The van der Waals surface area contributed by atoms with E-state index in [4.69, 9.17) is 4.74 Å². The lowest BCUT2D eigenvalue weighted by Crippen LogP contribution is -2.46. The van der Waals surface area contributed by atoms with Crippen molar-refractivity contribution in [2.75, 3.05) is 32.9 Å². The zero-order valence-corrected chi connectivity index (χ0v) is 8.80. The van der Waals surface area contributed by atoms with E-state index in [0.717, 1.165) is 39.1 Å². The van der Waals surface area contributed by atoms with Crippen molar-refractivity contribution < 1.29 is 9.84 Å². The summed E-state index contributed by atoms with van der Waals surface area (Å²) in [6, 6.07) is 0. The second-order valence-electron chi connectivity index (χ2n) is 4.68. The molecule has 2 saturated heterocycles. The number of aliphatic hydroxyl groups excluding tert-OH is 1. The molecule has 2 rings (SSSR count). The monoisotopic (exact) mass is 199 g/mol. The molecule has 0 radical (unpaired) electrons. The van der Waals surface area contributed by atoms with Crippen molar-refractivity contribution >= 4 is 0 Å². The summed E-state index contributed by atoms with van der Waals surface area (Å²) in [6.45, 7) is 4.22. The van der Waals surface area contributed by atoms with Gasteiger partial charge in [-0.05, 0) is 44.7 Å². The Morgan fingerprint density at radius 1 is 1.36 bits per heavy atom. The van der Waals surface area contributed by atoms with Crippen LogP contribution in [0.1, 0.15) is 25.7 Å². The third-order valence-electron chi connectivity index (χ3n) is 3.94. The van der Waals surface area contributed by atoms with Crippen molar-refractivity contribution in [2.24, 2.45) is 11.3 Å². The van der Waals surface area contributed by atoms with E-state index in [-0.39, 0.29) is 5.41 Å². The van der Waals surface area contributed by atoms with Crippen molar-refractivity contribution in [3.05, 3.63) is 0 Å². The van der Waals surface area contributed by atoms with Gasteiger partial charge in [0.05, 0.1) is 0 Å². The van der Waals surface area contributed by atoms with Gasteiger partial charge < -0.3 is 15.2 Å². The maximum atomic E-state index is 9.61. The molecule has 0 saturated carbocycles. The van der Waals surface area contributed by atoms with Crippen molar-refractivity contribution in [3.63, 3.8) is 0 Å². The van der Waals surface area contributed by atoms with E-state index in [1.54, 1.807) is 0 Å². The molecule has 14 heavy (non-hydrogen) atoms. The Morgan fingerprint density at radius 3 is 2.71 bits per heavy atom. The Morgan fingerprint density at radius 2 is 2.14 bits per heavy atom. The molecule has 2 heterocycles. The minimum Gasteiger partial charge on any atom is -0.396 e. The fourth-order valence-corrected chi connectivity index (χ4v) is 2.84. The molecule has 0 aromatic heterocycles. The molecule has 82 valence electrons. The first-order valence-corrected chi connectivity index (χ1v) is 5.77. The lowest BCUT2D eigenvalue weighted by molar-refractivity contribution is -0.0498. The summed E-state index contributed by atoms with van der Waals surface area (Å²) in [4.78, 5) is 0. The highest BCUT2D eigenvalue weighted by Gasteiger charge is 2.39. The van der Waals surface area contributed by atoms with Crippen molar-refractivity contribution in [2.45, 2.75) is 25.7 Å². The fraction of sp³-hybridized carbons (Fsp3) is 1.00. The molecular weight excluding hydrogens is 178 g/mol. The van der Waals surface area contributed by atoms with E-state index >= 15 is 0 Å². The first-order valence-electron chi connectivity index (χ1n) is 5.77. The van der Waals surface area contributed by atoms with Gasteiger partial charge >= 0.3 is 0 Å². The molecule has 0 aromatic rings. The summed E-state index contributed by atoms with van der Waals surface area (Å²) < 4.78 is 5.53. The minimum absolute atomic E-state index is 0.158. The van der Waals surface area contributed by atoms with Crippen molar-refractivity contribution in [1.29, 1.82) is 0 Å². The van der Waals surface area contributed by atoms with E-state index in [1.165, 1.54) is 12.8 Å². The molecule has 0 amide bonds. The van der Waals surface area contributed by atoms with Crippen LogP contribution >= 0.6 is 0 Å². The molecule has 3 nitrogen and oxygen atoms in total. The van der Waals surface area contributed by atoms with Gasteiger partial charge in [0.1, 0.15) is 0 Å². The first kappa shape index (κ1) is 10.4. The first-order chi connectivity index (χ1) is 6.87. The summed E-state index contributed by atoms with van der Waals surface area (Å²) in [7, 11) is 0. The number of ether oxygens (including phenoxy) is 1. The largest absolute Gasteiger partial charge is 0.396 e. The van der Waals surface area contributed by atoms with Gasteiger partial charge in [-0.3, -0.25) is 0 Å². The van der Waals surface area contributed by atoms with Crippen LogP contribution in [0.15, 0.2) is 0 Å². The van der Waals surface area contributed by atoms with Crippen LogP contribution in [-0.2, 0) is 4.74 Å². The van der Waals surface area contributed by atoms with Gasteiger partial charge in [0, 0.05) is 25.2 Å². The average Bonchev–Trinajstić information content (AvgIpc) is 2.31. The molecule has 2 aliphatic heterocycles. The maximum Gasteiger partial charge on any atom is 0.0500 e. The highest BCUT2D eigenvalue weighted by molar-refractivity contribution is 4.90. The Balaban J connectivity index is 2.01. The summed E-state index contributed by atoms with van der Waals surface area (Å²) in [6.07, 6.45) is 4.62. The lowest BCUT2D eigenvalue weighted by Gasteiger charge is -2.44. The third-order valence-corrected chi connectivity index (χ3v) is 3.94. The SMILES string of the molecule is OCC1(C2CCCOC2)CCNCC1. The van der Waals surface area contributed by atoms with Crippen LogP contribution in [0.3, 0.4) is 0 Å². The van der Waals surface area contributed by atoms with Crippen LogP contribution in [0.5, 0.6) is 0 Å². The van der Waals surface area contributed by atoms with Gasteiger partial charge in [-0.2, -0.15) is 0 Å². The zero-order chi connectivity index (χ0) is 9.86. The van der Waals surface area contributed by atoms with E-state index in [1.807, 2.05) is 0 Å². The molecule has 0 bridgehead atoms. The predicted molar refractivity (Wildman–Crippen MR) is 55.2 cm³/mol. The molecule has 1 atom stereocenters. The van der Waals surface area contributed by atoms with Crippen LogP contribution in [-0.4, -0.2) is 38.0 Å². The summed E-state index contributed by atoms with van der Waals surface area (Å²) in [5.41, 5.74) is 0.158. The Labute approximate surface area is 85.8 Å². The van der Waals surface area contributed by atoms with Gasteiger partial charge in [-0.25, -0.2) is 0 Å². The Kier molecular flexibility index (Phi) is 3.42. The zero-order valence-electron chi connectivity index (χ0n) is 8.80. The van der Waals surface area contributed by atoms with Gasteiger partial charge in [-0.15, -0.1) is 0 Å². The molecule has 0 aromatic carbocycles. The summed E-state index contributed by atoms with van der Waals surface area (Å²) in [5.74, 6) is 0.586. The Hall–Kier alpha value is -0.120. The predicted octanol–water partition coefficient (Wildman–Crippen LogP) is 0.775. The van der Waals surface area contributed by atoms with Crippen LogP contribution in [0.2, 0.25) is 0 Å². The normalized spacial score (nSPS) is 32.8. The number of rotatable bonds is 2. The molecular formula is C11H21NO2. The smallest absolute Gasteiger partial charge is 0.0500 e. The lowest BCUT2D eigenvalue weighted by atomic mass is 9.68. The molecule has 1 unspecified atom stereocenters. The van der Waals surface area contributed by atoms with Crippen LogP contribution in [0.25, 0.3) is 0 Å². The van der Waals surface area contributed by atoms with Gasteiger partial charge in [-0.1, -0.05) is 0 Å². The number of hydrogen-bond donors (Lipinski definition) is 2. The molecule has 0 spiro atoms. The molecule has 3 heteroatoms. The molecule has 2 fully saturated rings. The third kappa shape index (κ3) is 1.95. The maximum absolute atomic E-state index is 9.61. The van der Waals surface area contributed by atoms with E-state index < -0.39 is 0 Å². The van der Waals surface area contributed by atoms with E-state index in [9.17, 15) is 5.11 Å². The van der Waals surface area contributed by atoms with Crippen LogP contribution < -0.4 is 5.32 Å². The number of piperidine rings is 1. The minimum atomic E-state index is 0.158. The number of hydrogen-bond acceptors (Lipinski definition) is 3. The fourth-order valence-electron chi connectivity index (χ4n) is 2.84. The highest BCUT2D eigenvalue weighted by atomic mass is 16.5. The van der Waals surface area contributed by atoms with E-state index in [2.05, 4.69) is 5.32 Å². The number of nitrogens with one attached hydrogen (secondary N) is 1. The second kappa shape index (κ2) is 4.60. The quantitative estimate of drug-likeness (QED) is 0.690. The van der Waals surface area contributed by atoms with E-state index in [0.29, 0.717) is 12.5 Å². The van der Waals surface area contributed by atoms with Gasteiger partial charge in [0.15, 0.2) is 0 Å². The molecule has 0 aliphatic carbocycles. The Bertz CT molecular complexity index is 172. The summed E-state index contributed by atoms with van der Waals surface area (Å²) >= 11 is 0. The highest BCUT2D eigenvalue weighted by Crippen LogP contribution is 2.40. The van der Waals surface area contributed by atoms with Crippen LogP contribution in [0, 0.1) is 11.3 Å². The van der Waals surface area contributed by atoms with Gasteiger partial charge in [0.25, 0.3) is 0 Å². The molecule has 2 aliphatic rings. The average molecular weight is 199 g/mol. The van der Waals surface area contributed by atoms with Crippen LogP contribution in [0.4, 0.5) is 0 Å².